The quantitative estimate of drug-likeness (QED) is 0.878. The number of alkyl halides is 3. The molecule has 1 saturated carbocycles. The highest BCUT2D eigenvalue weighted by Crippen LogP contribution is 2.44. The minimum atomic E-state index is -4.67. The Hall–Kier alpha value is -1.23. The van der Waals surface area contributed by atoms with Crippen LogP contribution in [-0.4, -0.2) is 6.36 Å². The number of nitrogens with two attached hydrogens (primary N) is 1. The second-order valence-corrected chi connectivity index (χ2v) is 6.40. The van der Waals surface area contributed by atoms with Crippen LogP contribution in [0.15, 0.2) is 24.3 Å². The zero-order valence-corrected chi connectivity index (χ0v) is 11.8. The summed E-state index contributed by atoms with van der Waals surface area (Å²) in [6.45, 7) is 4.38. The Bertz CT molecular complexity index is 472. The molecular formula is C15H20F3NO. The van der Waals surface area contributed by atoms with Crippen molar-refractivity contribution in [2.24, 2.45) is 11.1 Å². The lowest BCUT2D eigenvalue weighted by Gasteiger charge is -2.41. The fourth-order valence-corrected chi connectivity index (χ4v) is 2.66. The summed E-state index contributed by atoms with van der Waals surface area (Å²) < 4.78 is 40.7. The second kappa shape index (κ2) is 4.95. The van der Waals surface area contributed by atoms with Gasteiger partial charge >= 0.3 is 6.36 Å². The number of benzene rings is 1. The molecule has 0 heterocycles. The SMILES string of the molecule is CC1(C)CCC(N)(c2cccc(OC(F)(F)F)c2)CC1. The van der Waals surface area contributed by atoms with Crippen molar-refractivity contribution in [3.05, 3.63) is 29.8 Å². The highest BCUT2D eigenvalue weighted by molar-refractivity contribution is 5.33. The summed E-state index contributed by atoms with van der Waals surface area (Å²) in [5, 5.41) is 0. The predicted molar refractivity (Wildman–Crippen MR) is 71.2 cm³/mol. The maximum atomic E-state index is 12.3. The van der Waals surface area contributed by atoms with Gasteiger partial charge in [-0.25, -0.2) is 0 Å². The molecule has 0 atom stereocenters. The van der Waals surface area contributed by atoms with Gasteiger partial charge in [0.05, 0.1) is 0 Å². The lowest BCUT2D eigenvalue weighted by molar-refractivity contribution is -0.274. The van der Waals surface area contributed by atoms with E-state index in [1.165, 1.54) is 12.1 Å². The summed E-state index contributed by atoms with van der Waals surface area (Å²) in [6, 6.07) is 6.05. The monoisotopic (exact) mass is 287 g/mol. The molecule has 0 aliphatic heterocycles. The smallest absolute Gasteiger partial charge is 0.406 e. The third kappa shape index (κ3) is 3.66. The maximum Gasteiger partial charge on any atom is 0.573 e. The zero-order chi connectivity index (χ0) is 15.0. The van der Waals surface area contributed by atoms with Gasteiger partial charge < -0.3 is 10.5 Å². The first-order valence-electron chi connectivity index (χ1n) is 6.75. The molecule has 0 saturated heterocycles. The molecule has 1 aliphatic carbocycles. The van der Waals surface area contributed by atoms with Gasteiger partial charge in [0.25, 0.3) is 0 Å². The van der Waals surface area contributed by atoms with Gasteiger partial charge in [0.15, 0.2) is 0 Å². The highest BCUT2D eigenvalue weighted by Gasteiger charge is 2.37. The molecule has 0 spiro atoms. The molecule has 0 radical (unpaired) electrons. The van der Waals surface area contributed by atoms with E-state index in [4.69, 9.17) is 5.73 Å². The number of hydrogen-bond acceptors (Lipinski definition) is 2. The fourth-order valence-electron chi connectivity index (χ4n) is 2.66. The van der Waals surface area contributed by atoms with E-state index >= 15 is 0 Å². The van der Waals surface area contributed by atoms with Crippen molar-refractivity contribution < 1.29 is 17.9 Å². The molecule has 1 fully saturated rings. The Morgan fingerprint density at radius 1 is 1.10 bits per heavy atom. The van der Waals surface area contributed by atoms with Crippen molar-refractivity contribution in [1.82, 2.24) is 0 Å². The van der Waals surface area contributed by atoms with Gasteiger partial charge in [0, 0.05) is 5.54 Å². The Labute approximate surface area is 117 Å². The summed E-state index contributed by atoms with van der Waals surface area (Å²) in [5.74, 6) is -0.204. The van der Waals surface area contributed by atoms with Crippen LogP contribution in [0.3, 0.4) is 0 Å². The number of halogens is 3. The summed E-state index contributed by atoms with van der Waals surface area (Å²) >= 11 is 0. The molecule has 2 nitrogen and oxygen atoms in total. The molecule has 1 aromatic carbocycles. The van der Waals surface area contributed by atoms with E-state index in [0.717, 1.165) is 31.2 Å². The number of ether oxygens (including phenoxy) is 1. The van der Waals surface area contributed by atoms with E-state index in [9.17, 15) is 13.2 Å². The summed E-state index contributed by atoms with van der Waals surface area (Å²) in [7, 11) is 0. The summed E-state index contributed by atoms with van der Waals surface area (Å²) in [5.41, 5.74) is 6.81. The van der Waals surface area contributed by atoms with Gasteiger partial charge in [-0.1, -0.05) is 26.0 Å². The van der Waals surface area contributed by atoms with Crippen LogP contribution in [0.25, 0.3) is 0 Å². The van der Waals surface area contributed by atoms with E-state index in [-0.39, 0.29) is 11.2 Å². The molecule has 2 rings (SSSR count). The van der Waals surface area contributed by atoms with Gasteiger partial charge in [-0.15, -0.1) is 13.2 Å². The van der Waals surface area contributed by atoms with Crippen molar-refractivity contribution in [2.75, 3.05) is 0 Å². The third-order valence-electron chi connectivity index (χ3n) is 4.14. The maximum absolute atomic E-state index is 12.3. The van der Waals surface area contributed by atoms with E-state index in [2.05, 4.69) is 18.6 Å². The van der Waals surface area contributed by atoms with Gasteiger partial charge in [-0.05, 0) is 48.8 Å². The normalized spacial score (nSPS) is 21.5. The van der Waals surface area contributed by atoms with Crippen LogP contribution in [0.5, 0.6) is 5.75 Å². The van der Waals surface area contributed by atoms with Crippen molar-refractivity contribution >= 4 is 0 Å². The molecule has 1 aliphatic rings. The predicted octanol–water partition coefficient (Wildman–Crippen LogP) is 4.34. The van der Waals surface area contributed by atoms with Crippen molar-refractivity contribution in [2.45, 2.75) is 51.4 Å². The standard InChI is InChI=1S/C15H20F3NO/c1-13(2)6-8-14(19,9-7-13)11-4-3-5-12(10-11)20-15(16,17)18/h3-5,10H,6-9,19H2,1-2H3. The second-order valence-electron chi connectivity index (χ2n) is 6.40. The van der Waals surface area contributed by atoms with Crippen LogP contribution in [-0.2, 0) is 5.54 Å². The number of rotatable bonds is 2. The molecule has 0 bridgehead atoms. The Morgan fingerprint density at radius 3 is 2.25 bits per heavy atom. The average molecular weight is 287 g/mol. The molecule has 5 heteroatoms. The first kappa shape index (κ1) is 15.2. The van der Waals surface area contributed by atoms with E-state index in [1.54, 1.807) is 12.1 Å². The first-order valence-corrected chi connectivity index (χ1v) is 6.75. The fraction of sp³-hybridized carbons (Fsp3) is 0.600. The Kier molecular flexibility index (Phi) is 3.75. The van der Waals surface area contributed by atoms with E-state index in [1.807, 2.05) is 0 Å². The van der Waals surface area contributed by atoms with Crippen LogP contribution in [0.1, 0.15) is 45.1 Å². The van der Waals surface area contributed by atoms with Gasteiger partial charge in [-0.2, -0.15) is 0 Å². The molecular weight excluding hydrogens is 267 g/mol. The minimum Gasteiger partial charge on any atom is -0.406 e. The highest BCUT2D eigenvalue weighted by atomic mass is 19.4. The summed E-state index contributed by atoms with van der Waals surface area (Å²) in [4.78, 5) is 0. The van der Waals surface area contributed by atoms with Gasteiger partial charge in [0.2, 0.25) is 0 Å². The van der Waals surface area contributed by atoms with Crippen LogP contribution in [0.2, 0.25) is 0 Å². The van der Waals surface area contributed by atoms with Crippen molar-refractivity contribution in [1.29, 1.82) is 0 Å². The largest absolute Gasteiger partial charge is 0.573 e. The lowest BCUT2D eigenvalue weighted by atomic mass is 9.67. The Morgan fingerprint density at radius 2 is 1.70 bits per heavy atom. The van der Waals surface area contributed by atoms with Gasteiger partial charge in [0.1, 0.15) is 5.75 Å². The van der Waals surface area contributed by atoms with Gasteiger partial charge in [-0.3, -0.25) is 0 Å². The molecule has 20 heavy (non-hydrogen) atoms. The van der Waals surface area contributed by atoms with Crippen LogP contribution in [0.4, 0.5) is 13.2 Å². The van der Waals surface area contributed by atoms with Crippen molar-refractivity contribution in [3.63, 3.8) is 0 Å². The molecule has 0 amide bonds. The van der Waals surface area contributed by atoms with Crippen LogP contribution < -0.4 is 10.5 Å². The zero-order valence-electron chi connectivity index (χ0n) is 11.8. The number of hydrogen-bond donors (Lipinski definition) is 1. The topological polar surface area (TPSA) is 35.2 Å². The third-order valence-corrected chi connectivity index (χ3v) is 4.14. The first-order chi connectivity index (χ1) is 9.10. The van der Waals surface area contributed by atoms with E-state index in [0.29, 0.717) is 0 Å². The van der Waals surface area contributed by atoms with E-state index < -0.39 is 11.9 Å². The molecule has 112 valence electrons. The molecule has 0 unspecified atom stereocenters. The average Bonchev–Trinajstić information content (AvgIpc) is 2.32. The van der Waals surface area contributed by atoms with Crippen LogP contribution in [0, 0.1) is 5.41 Å². The summed E-state index contributed by atoms with van der Waals surface area (Å²) in [6.07, 6.45) is -1.19. The van der Waals surface area contributed by atoms with Crippen LogP contribution >= 0.6 is 0 Å². The lowest BCUT2D eigenvalue weighted by Crippen LogP contribution is -2.42. The minimum absolute atomic E-state index is 0.204. The Balaban J connectivity index is 2.19. The molecule has 0 aromatic heterocycles. The van der Waals surface area contributed by atoms with Crippen molar-refractivity contribution in [3.8, 4) is 5.75 Å². The molecule has 2 N–H and O–H groups in total. The molecule has 1 aromatic rings.